The molecular formula is C15H21N3O2. The summed E-state index contributed by atoms with van der Waals surface area (Å²) in [4.78, 5) is 25.6. The Kier molecular flexibility index (Phi) is 5.12. The van der Waals surface area contributed by atoms with Crippen molar-refractivity contribution in [3.63, 3.8) is 0 Å². The second-order valence-electron chi connectivity index (χ2n) is 5.23. The van der Waals surface area contributed by atoms with Gasteiger partial charge in [-0.05, 0) is 25.5 Å². The first-order valence-corrected chi connectivity index (χ1v) is 6.96. The lowest BCUT2D eigenvalue weighted by atomic mass is 9.98. The lowest BCUT2D eigenvalue weighted by molar-refractivity contribution is -0.124. The molecule has 0 spiro atoms. The van der Waals surface area contributed by atoms with E-state index in [1.807, 2.05) is 25.2 Å². The van der Waals surface area contributed by atoms with Crippen LogP contribution < -0.4 is 10.6 Å². The van der Waals surface area contributed by atoms with Gasteiger partial charge in [-0.3, -0.25) is 10.1 Å². The molecule has 2 rings (SSSR count). The van der Waals surface area contributed by atoms with Crippen LogP contribution in [0.4, 0.5) is 4.79 Å². The summed E-state index contributed by atoms with van der Waals surface area (Å²) < 4.78 is 0. The van der Waals surface area contributed by atoms with E-state index >= 15 is 0 Å². The van der Waals surface area contributed by atoms with Crippen molar-refractivity contribution >= 4 is 11.9 Å². The van der Waals surface area contributed by atoms with Crippen LogP contribution in [-0.4, -0.2) is 43.5 Å². The average Bonchev–Trinajstić information content (AvgIpc) is 2.49. The van der Waals surface area contributed by atoms with Crippen LogP contribution in [0.25, 0.3) is 0 Å². The number of nitrogens with zero attached hydrogens (tertiary/aromatic N) is 1. The normalized spacial score (nSPS) is 21.4. The number of amides is 3. The third-order valence-electron chi connectivity index (χ3n) is 3.54. The number of benzene rings is 1. The van der Waals surface area contributed by atoms with Crippen LogP contribution >= 0.6 is 0 Å². The maximum Gasteiger partial charge on any atom is 0.321 e. The van der Waals surface area contributed by atoms with E-state index in [1.165, 1.54) is 5.56 Å². The molecule has 0 aromatic heterocycles. The number of hydrogen-bond donors (Lipinski definition) is 2. The summed E-state index contributed by atoms with van der Waals surface area (Å²) in [6, 6.07) is 9.70. The molecule has 1 aliphatic rings. The lowest BCUT2D eigenvalue weighted by Gasteiger charge is -2.21. The summed E-state index contributed by atoms with van der Waals surface area (Å²) in [5.41, 5.74) is 1.22. The highest BCUT2D eigenvalue weighted by molar-refractivity contribution is 5.95. The fourth-order valence-corrected chi connectivity index (χ4v) is 2.38. The number of urea groups is 1. The molecule has 1 aliphatic heterocycles. The minimum absolute atomic E-state index is 0.163. The zero-order chi connectivity index (χ0) is 14.4. The first-order chi connectivity index (χ1) is 9.65. The fraction of sp³-hybridized carbons (Fsp3) is 0.467. The van der Waals surface area contributed by atoms with E-state index in [1.54, 1.807) is 0 Å². The Morgan fingerprint density at radius 3 is 2.75 bits per heavy atom. The molecule has 1 fully saturated rings. The Labute approximate surface area is 119 Å². The van der Waals surface area contributed by atoms with Crippen molar-refractivity contribution in [2.24, 2.45) is 5.92 Å². The third kappa shape index (κ3) is 4.35. The molecule has 2 N–H and O–H groups in total. The SMILES string of the molecule is CN1CCNC(=O)NC(=O)[C@@H](CCc2ccccc2)C1. The van der Waals surface area contributed by atoms with E-state index in [9.17, 15) is 9.59 Å². The number of carbonyl (C=O) groups is 2. The highest BCUT2D eigenvalue weighted by Crippen LogP contribution is 2.12. The zero-order valence-corrected chi connectivity index (χ0v) is 11.8. The zero-order valence-electron chi connectivity index (χ0n) is 11.8. The molecule has 1 aromatic carbocycles. The van der Waals surface area contributed by atoms with Gasteiger partial charge in [0, 0.05) is 19.6 Å². The van der Waals surface area contributed by atoms with Gasteiger partial charge in [-0.25, -0.2) is 4.79 Å². The Morgan fingerprint density at radius 1 is 1.25 bits per heavy atom. The predicted octanol–water partition coefficient (Wildman–Crippen LogP) is 1.01. The summed E-state index contributed by atoms with van der Waals surface area (Å²) in [5.74, 6) is -0.351. The number of likely N-dealkylation sites (N-methyl/N-ethyl adjacent to an activating group) is 1. The highest BCUT2D eigenvalue weighted by Gasteiger charge is 2.23. The standard InChI is InChI=1S/C15H21N3O2/c1-18-10-9-16-15(20)17-14(19)13(11-18)8-7-12-5-3-2-4-6-12/h2-6,13H,7-11H2,1H3,(H2,16,17,19,20)/t13-/m0/s1. The number of rotatable bonds is 3. The summed E-state index contributed by atoms with van der Waals surface area (Å²) in [5, 5.41) is 5.08. The molecule has 1 aromatic rings. The van der Waals surface area contributed by atoms with Gasteiger partial charge < -0.3 is 10.2 Å². The maximum absolute atomic E-state index is 12.1. The number of aryl methyl sites for hydroxylation is 1. The molecular weight excluding hydrogens is 254 g/mol. The highest BCUT2D eigenvalue weighted by atomic mass is 16.2. The first kappa shape index (κ1) is 14.5. The number of carbonyl (C=O) groups excluding carboxylic acids is 2. The monoisotopic (exact) mass is 275 g/mol. The van der Waals surface area contributed by atoms with Crippen molar-refractivity contribution in [2.45, 2.75) is 12.8 Å². The van der Waals surface area contributed by atoms with Crippen molar-refractivity contribution < 1.29 is 9.59 Å². The number of imide groups is 1. The fourth-order valence-electron chi connectivity index (χ4n) is 2.38. The Bertz CT molecular complexity index is 461. The lowest BCUT2D eigenvalue weighted by Crippen LogP contribution is -2.42. The van der Waals surface area contributed by atoms with E-state index < -0.39 is 6.03 Å². The van der Waals surface area contributed by atoms with Crippen molar-refractivity contribution in [3.05, 3.63) is 35.9 Å². The minimum atomic E-state index is -0.394. The second kappa shape index (κ2) is 7.05. The van der Waals surface area contributed by atoms with Crippen LogP contribution in [0, 0.1) is 5.92 Å². The van der Waals surface area contributed by atoms with Crippen LogP contribution in [0.5, 0.6) is 0 Å². The van der Waals surface area contributed by atoms with E-state index in [0.29, 0.717) is 13.1 Å². The summed E-state index contributed by atoms with van der Waals surface area (Å²) in [6.45, 7) is 1.98. The van der Waals surface area contributed by atoms with Gasteiger partial charge in [0.2, 0.25) is 5.91 Å². The molecule has 0 unspecified atom stereocenters. The largest absolute Gasteiger partial charge is 0.337 e. The van der Waals surface area contributed by atoms with Crippen molar-refractivity contribution in [1.29, 1.82) is 0 Å². The topological polar surface area (TPSA) is 61.4 Å². The van der Waals surface area contributed by atoms with Gasteiger partial charge >= 0.3 is 6.03 Å². The van der Waals surface area contributed by atoms with Gasteiger partial charge in [0.15, 0.2) is 0 Å². The van der Waals surface area contributed by atoms with E-state index in [4.69, 9.17) is 0 Å². The molecule has 0 saturated carbocycles. The van der Waals surface area contributed by atoms with Gasteiger partial charge in [0.1, 0.15) is 0 Å². The van der Waals surface area contributed by atoms with Gasteiger partial charge in [-0.1, -0.05) is 30.3 Å². The molecule has 1 heterocycles. The maximum atomic E-state index is 12.1. The van der Waals surface area contributed by atoms with Gasteiger partial charge in [-0.15, -0.1) is 0 Å². The smallest absolute Gasteiger partial charge is 0.321 e. The van der Waals surface area contributed by atoms with Gasteiger partial charge in [0.25, 0.3) is 0 Å². The third-order valence-corrected chi connectivity index (χ3v) is 3.54. The van der Waals surface area contributed by atoms with Gasteiger partial charge in [-0.2, -0.15) is 0 Å². The minimum Gasteiger partial charge on any atom is -0.337 e. The molecule has 108 valence electrons. The van der Waals surface area contributed by atoms with Crippen molar-refractivity contribution in [2.75, 3.05) is 26.7 Å². The molecule has 3 amide bonds. The Balaban J connectivity index is 1.98. The predicted molar refractivity (Wildman–Crippen MR) is 77.3 cm³/mol. The number of nitrogens with one attached hydrogen (secondary N) is 2. The van der Waals surface area contributed by atoms with E-state index in [-0.39, 0.29) is 11.8 Å². The first-order valence-electron chi connectivity index (χ1n) is 6.96. The molecule has 0 aliphatic carbocycles. The number of hydrogen-bond acceptors (Lipinski definition) is 3. The summed E-state index contributed by atoms with van der Waals surface area (Å²) in [6.07, 6.45) is 1.59. The van der Waals surface area contributed by atoms with Crippen molar-refractivity contribution in [3.8, 4) is 0 Å². The Morgan fingerprint density at radius 2 is 2.00 bits per heavy atom. The summed E-state index contributed by atoms with van der Waals surface area (Å²) >= 11 is 0. The van der Waals surface area contributed by atoms with Crippen LogP contribution in [0.1, 0.15) is 12.0 Å². The van der Waals surface area contributed by atoms with Crippen LogP contribution in [0.15, 0.2) is 30.3 Å². The van der Waals surface area contributed by atoms with Crippen molar-refractivity contribution in [1.82, 2.24) is 15.5 Å². The van der Waals surface area contributed by atoms with Crippen LogP contribution in [0.2, 0.25) is 0 Å². The van der Waals surface area contributed by atoms with E-state index in [0.717, 1.165) is 19.4 Å². The van der Waals surface area contributed by atoms with E-state index in [2.05, 4.69) is 27.7 Å². The molecule has 5 nitrogen and oxygen atoms in total. The second-order valence-corrected chi connectivity index (χ2v) is 5.23. The van der Waals surface area contributed by atoms with Gasteiger partial charge in [0.05, 0.1) is 5.92 Å². The molecule has 1 saturated heterocycles. The quantitative estimate of drug-likeness (QED) is 0.865. The molecule has 20 heavy (non-hydrogen) atoms. The Hall–Kier alpha value is -1.88. The average molecular weight is 275 g/mol. The molecule has 5 heteroatoms. The summed E-state index contributed by atoms with van der Waals surface area (Å²) in [7, 11) is 1.97. The molecule has 1 atom stereocenters. The molecule has 0 bridgehead atoms. The molecule has 0 radical (unpaired) electrons. The van der Waals surface area contributed by atoms with Crippen LogP contribution in [0.3, 0.4) is 0 Å². The van der Waals surface area contributed by atoms with Crippen LogP contribution in [-0.2, 0) is 11.2 Å².